The van der Waals surface area contributed by atoms with Gasteiger partial charge in [0.1, 0.15) is 0 Å². The van der Waals surface area contributed by atoms with Crippen molar-refractivity contribution in [3.05, 3.63) is 78.3 Å². The summed E-state index contributed by atoms with van der Waals surface area (Å²) in [6.07, 6.45) is 10.2. The molecule has 0 aliphatic rings. The fourth-order valence-electron chi connectivity index (χ4n) is 3.81. The minimum Gasteiger partial charge on any atom is -0.348 e. The summed E-state index contributed by atoms with van der Waals surface area (Å²) in [7, 11) is 3.85. The van der Waals surface area contributed by atoms with Crippen molar-refractivity contribution in [2.45, 2.75) is 39.7 Å². The lowest BCUT2D eigenvalue weighted by Gasteiger charge is -2.18. The maximum atomic E-state index is 12.1. The van der Waals surface area contributed by atoms with Crippen molar-refractivity contribution >= 4 is 29.4 Å². The average molecular weight is 476 g/mol. The molecule has 0 radical (unpaired) electrons. The molecule has 0 atom stereocenters. The molecule has 0 unspecified atom stereocenters. The fraction of sp³-hybridized carbons (Fsp3) is 0.308. The average Bonchev–Trinajstić information content (AvgIpc) is 3.39. The first-order valence-corrected chi connectivity index (χ1v) is 11.6. The highest BCUT2D eigenvalue weighted by Crippen LogP contribution is 2.23. The van der Waals surface area contributed by atoms with E-state index in [2.05, 4.69) is 41.1 Å². The largest absolute Gasteiger partial charge is 0.348 e. The summed E-state index contributed by atoms with van der Waals surface area (Å²) in [5, 5.41) is 10.8. The molecule has 0 bridgehead atoms. The predicted molar refractivity (Wildman–Crippen MR) is 138 cm³/mol. The molecule has 0 saturated carbocycles. The first kappa shape index (κ1) is 25.5. The van der Waals surface area contributed by atoms with Gasteiger partial charge in [-0.2, -0.15) is 5.10 Å². The molecule has 0 aliphatic heterocycles. The summed E-state index contributed by atoms with van der Waals surface area (Å²) < 4.78 is 3.80. The molecule has 2 aromatic heterocycles. The number of nitrogens with zero attached hydrogens (tertiary/aromatic N) is 5. The molecule has 2 amide bonds. The van der Waals surface area contributed by atoms with Crippen molar-refractivity contribution in [1.82, 2.24) is 24.2 Å². The van der Waals surface area contributed by atoms with Crippen LogP contribution in [0.15, 0.2) is 55.5 Å². The van der Waals surface area contributed by atoms with Crippen LogP contribution in [0.2, 0.25) is 0 Å². The van der Waals surface area contributed by atoms with Gasteiger partial charge in [0.2, 0.25) is 12.3 Å². The summed E-state index contributed by atoms with van der Waals surface area (Å²) in [5.74, 6) is 0.425. The minimum absolute atomic E-state index is 0.290. The van der Waals surface area contributed by atoms with Gasteiger partial charge in [-0.3, -0.25) is 14.3 Å². The lowest BCUT2D eigenvalue weighted by Crippen LogP contribution is -2.18. The molecule has 2 heterocycles. The monoisotopic (exact) mass is 475 g/mol. The number of carbonyl (C=O) groups excluding carboxylic acids is 2. The number of hydrogen-bond donors (Lipinski definition) is 2. The number of imidazole rings is 1. The number of rotatable bonds is 12. The van der Waals surface area contributed by atoms with E-state index < -0.39 is 0 Å². The summed E-state index contributed by atoms with van der Waals surface area (Å²) in [6.45, 7) is 7.98. The van der Waals surface area contributed by atoms with E-state index in [4.69, 9.17) is 0 Å². The quantitative estimate of drug-likeness (QED) is 0.306. The normalized spacial score (nSPS) is 11.3. The SMILES string of the molecule is C=CC(=O)Nc1cccc(CN(C=O)/C=C(/Nc2cn(C)nc2CCC)c2ncc(CC)n2C)c1. The van der Waals surface area contributed by atoms with Crippen LogP contribution >= 0.6 is 0 Å². The first-order chi connectivity index (χ1) is 16.9. The number of aromatic nitrogens is 4. The maximum absolute atomic E-state index is 12.1. The summed E-state index contributed by atoms with van der Waals surface area (Å²) in [6, 6.07) is 7.35. The van der Waals surface area contributed by atoms with Gasteiger partial charge in [0.05, 0.1) is 23.6 Å². The summed E-state index contributed by atoms with van der Waals surface area (Å²) >= 11 is 0. The Morgan fingerprint density at radius 1 is 1.23 bits per heavy atom. The fourth-order valence-corrected chi connectivity index (χ4v) is 3.81. The second-order valence-electron chi connectivity index (χ2n) is 8.24. The first-order valence-electron chi connectivity index (χ1n) is 11.6. The smallest absolute Gasteiger partial charge is 0.247 e. The Kier molecular flexibility index (Phi) is 8.61. The van der Waals surface area contributed by atoms with E-state index in [0.717, 1.165) is 48.3 Å². The molecule has 0 saturated heterocycles. The Bertz CT molecular complexity index is 1220. The van der Waals surface area contributed by atoms with E-state index in [9.17, 15) is 9.59 Å². The molecule has 3 rings (SSSR count). The van der Waals surface area contributed by atoms with Crippen LogP contribution < -0.4 is 10.6 Å². The zero-order chi connectivity index (χ0) is 25.4. The van der Waals surface area contributed by atoms with E-state index in [1.807, 2.05) is 49.3 Å². The molecule has 9 heteroatoms. The molecule has 9 nitrogen and oxygen atoms in total. The van der Waals surface area contributed by atoms with E-state index in [-0.39, 0.29) is 5.91 Å². The number of benzene rings is 1. The van der Waals surface area contributed by atoms with Crippen LogP contribution in [0.25, 0.3) is 5.70 Å². The molecule has 0 fully saturated rings. The standard InChI is InChI=1S/C26H33N7O2/c1-6-10-22-23(16-31(4)30-22)29-24(26-27-14-21(7-2)32(26)5)17-33(18-34)15-19-11-9-12-20(13-19)28-25(35)8-3/h8-9,11-14,16-18,29H,3,6-7,10,15H2,1-2,4-5H3,(H,28,35)/b24-17+. The van der Waals surface area contributed by atoms with Gasteiger partial charge in [0.25, 0.3) is 0 Å². The Hall–Kier alpha value is -4.14. The van der Waals surface area contributed by atoms with E-state index in [0.29, 0.717) is 23.8 Å². The van der Waals surface area contributed by atoms with Gasteiger partial charge in [-0.1, -0.05) is 39.0 Å². The predicted octanol–water partition coefficient (Wildman–Crippen LogP) is 3.86. The molecule has 1 aromatic carbocycles. The minimum atomic E-state index is -0.290. The van der Waals surface area contributed by atoms with E-state index in [1.54, 1.807) is 21.8 Å². The van der Waals surface area contributed by atoms with Crippen molar-refractivity contribution in [3.8, 4) is 0 Å². The third-order valence-electron chi connectivity index (χ3n) is 5.52. The Balaban J connectivity index is 1.96. The molecule has 0 aliphatic carbocycles. The molecule has 2 N–H and O–H groups in total. The summed E-state index contributed by atoms with van der Waals surface area (Å²) in [5.41, 5.74) is 5.08. The third-order valence-corrected chi connectivity index (χ3v) is 5.52. The number of amides is 2. The zero-order valence-corrected chi connectivity index (χ0v) is 20.8. The van der Waals surface area contributed by atoms with Crippen LogP contribution in [-0.4, -0.2) is 36.5 Å². The lowest BCUT2D eigenvalue weighted by molar-refractivity contribution is -0.116. The van der Waals surface area contributed by atoms with Gasteiger partial charge >= 0.3 is 0 Å². The van der Waals surface area contributed by atoms with Crippen molar-refractivity contribution in [1.29, 1.82) is 0 Å². The second kappa shape index (κ2) is 11.8. The molecule has 3 aromatic rings. The van der Waals surface area contributed by atoms with Crippen LogP contribution in [0.1, 0.15) is 43.0 Å². The zero-order valence-electron chi connectivity index (χ0n) is 20.8. The lowest BCUT2D eigenvalue weighted by atomic mass is 10.2. The van der Waals surface area contributed by atoms with Crippen molar-refractivity contribution < 1.29 is 9.59 Å². The van der Waals surface area contributed by atoms with Gasteiger partial charge in [-0.25, -0.2) is 4.98 Å². The van der Waals surface area contributed by atoms with Gasteiger partial charge < -0.3 is 20.1 Å². The number of anilines is 2. The molecular formula is C26H33N7O2. The number of nitrogens with one attached hydrogen (secondary N) is 2. The Morgan fingerprint density at radius 2 is 2.03 bits per heavy atom. The van der Waals surface area contributed by atoms with Crippen LogP contribution in [0.4, 0.5) is 11.4 Å². The van der Waals surface area contributed by atoms with Crippen molar-refractivity contribution in [2.24, 2.45) is 14.1 Å². The Morgan fingerprint density at radius 3 is 2.69 bits per heavy atom. The van der Waals surface area contributed by atoms with Gasteiger partial charge in [0.15, 0.2) is 5.82 Å². The van der Waals surface area contributed by atoms with E-state index in [1.165, 1.54) is 6.08 Å². The number of carbonyl (C=O) groups is 2. The van der Waals surface area contributed by atoms with Crippen LogP contribution in [0.3, 0.4) is 0 Å². The topological polar surface area (TPSA) is 97.1 Å². The van der Waals surface area contributed by atoms with Gasteiger partial charge in [-0.05, 0) is 36.6 Å². The van der Waals surface area contributed by atoms with Crippen LogP contribution in [0, 0.1) is 0 Å². The van der Waals surface area contributed by atoms with Crippen LogP contribution in [0.5, 0.6) is 0 Å². The highest BCUT2D eigenvalue weighted by Gasteiger charge is 2.16. The highest BCUT2D eigenvalue weighted by atomic mass is 16.1. The van der Waals surface area contributed by atoms with E-state index >= 15 is 0 Å². The molecule has 0 spiro atoms. The highest BCUT2D eigenvalue weighted by molar-refractivity contribution is 5.98. The summed E-state index contributed by atoms with van der Waals surface area (Å²) in [4.78, 5) is 29.9. The number of hydrogen-bond acceptors (Lipinski definition) is 5. The molecular weight excluding hydrogens is 442 g/mol. The van der Waals surface area contributed by atoms with Gasteiger partial charge in [-0.15, -0.1) is 0 Å². The maximum Gasteiger partial charge on any atom is 0.247 e. The molecule has 35 heavy (non-hydrogen) atoms. The van der Waals surface area contributed by atoms with Crippen molar-refractivity contribution in [3.63, 3.8) is 0 Å². The van der Waals surface area contributed by atoms with Crippen molar-refractivity contribution in [2.75, 3.05) is 10.6 Å². The van der Waals surface area contributed by atoms with Crippen LogP contribution in [-0.2, 0) is 43.1 Å². The second-order valence-corrected chi connectivity index (χ2v) is 8.24. The third kappa shape index (κ3) is 6.47. The number of aryl methyl sites for hydroxylation is 3. The van der Waals surface area contributed by atoms with Gasteiger partial charge in [0, 0.05) is 44.1 Å². The molecule has 184 valence electrons. The Labute approximate surface area is 206 Å².